The maximum absolute atomic E-state index is 10.3. The molecule has 0 aliphatic heterocycles. The molecule has 0 spiro atoms. The van der Waals surface area contributed by atoms with Crippen LogP contribution in [0.25, 0.3) is 0 Å². The molecule has 0 saturated carbocycles. The first-order valence-corrected chi connectivity index (χ1v) is 5.04. The average molecular weight is 276 g/mol. The van der Waals surface area contributed by atoms with Gasteiger partial charge in [-0.25, -0.2) is 4.79 Å². The largest absolute Gasteiger partial charge is 2.00 e. The Hall–Kier alpha value is -0.978. The van der Waals surface area contributed by atoms with E-state index >= 15 is 0 Å². The zero-order chi connectivity index (χ0) is 13.0. The van der Waals surface area contributed by atoms with Gasteiger partial charge in [-0.1, -0.05) is 12.1 Å². The number of aromatic carboxylic acids is 1. The van der Waals surface area contributed by atoms with E-state index in [0.29, 0.717) is 0 Å². The van der Waals surface area contributed by atoms with Crippen molar-refractivity contribution in [3.8, 4) is 5.75 Å². The van der Waals surface area contributed by atoms with Crippen molar-refractivity contribution >= 4 is 5.97 Å². The third kappa shape index (κ3) is 13.0. The minimum Gasteiger partial charge on any atom is -0.507 e. The number of carboxylic acid groups (broad SMARTS) is 1. The smallest absolute Gasteiger partial charge is 0.507 e. The van der Waals surface area contributed by atoms with Crippen LogP contribution in [-0.4, -0.2) is 16.2 Å². The molecule has 0 fully saturated rings. The van der Waals surface area contributed by atoms with Crippen molar-refractivity contribution in [2.45, 2.75) is 27.7 Å². The van der Waals surface area contributed by atoms with E-state index in [1.165, 1.54) is 12.1 Å². The van der Waals surface area contributed by atoms with E-state index in [1.807, 2.05) is 40.5 Å². The van der Waals surface area contributed by atoms with Crippen molar-refractivity contribution in [2.75, 3.05) is 0 Å². The summed E-state index contributed by atoms with van der Waals surface area (Å²) in [6.07, 6.45) is 4.00. The first-order valence-electron chi connectivity index (χ1n) is 5.04. The third-order valence-corrected chi connectivity index (χ3v) is 1.13. The van der Waals surface area contributed by atoms with Gasteiger partial charge < -0.3 is 23.1 Å². The standard InChI is InChI=1S/C7H6O3.2C3H7.Cr/c8-6-4-2-1-3-5(6)7(9)10;2*1-3-2;/h1-4,8H,(H,9,10);2*3H,1-2H3;/q;2*-1;+2. The number of benzene rings is 1. The van der Waals surface area contributed by atoms with Crippen LogP contribution < -0.4 is 0 Å². The van der Waals surface area contributed by atoms with E-state index in [-0.39, 0.29) is 28.7 Å². The molecule has 1 aromatic carbocycles. The van der Waals surface area contributed by atoms with Crippen molar-refractivity contribution in [3.05, 3.63) is 42.7 Å². The Kier molecular flexibility index (Phi) is 18.8. The molecule has 4 heteroatoms. The molecule has 17 heavy (non-hydrogen) atoms. The van der Waals surface area contributed by atoms with Gasteiger partial charge >= 0.3 is 23.3 Å². The molecule has 2 N–H and O–H groups in total. The van der Waals surface area contributed by atoms with Crippen molar-refractivity contribution in [3.63, 3.8) is 0 Å². The molecule has 0 saturated heterocycles. The fourth-order valence-electron chi connectivity index (χ4n) is 0.654. The number of hydrogen-bond acceptors (Lipinski definition) is 2. The Morgan fingerprint density at radius 1 is 1.06 bits per heavy atom. The van der Waals surface area contributed by atoms with Crippen LogP contribution in [0, 0.1) is 12.8 Å². The van der Waals surface area contributed by atoms with Crippen molar-refractivity contribution in [2.24, 2.45) is 0 Å². The molecule has 1 rings (SSSR count). The second kappa shape index (κ2) is 15.0. The normalized spacial score (nSPS) is 7.53. The monoisotopic (exact) mass is 276 g/mol. The van der Waals surface area contributed by atoms with Gasteiger partial charge in [-0.15, -0.1) is 0 Å². The average Bonchev–Trinajstić information content (AvgIpc) is 2.20. The van der Waals surface area contributed by atoms with Crippen molar-refractivity contribution < 1.29 is 32.4 Å². The summed E-state index contributed by atoms with van der Waals surface area (Å²) in [7, 11) is 0. The Morgan fingerprint density at radius 2 is 1.41 bits per heavy atom. The molecule has 3 nitrogen and oxygen atoms in total. The van der Waals surface area contributed by atoms with E-state index in [0.717, 1.165) is 0 Å². The molecule has 0 aliphatic carbocycles. The Labute approximate surface area is 115 Å². The molecular formula is C13H20CrO3. The molecule has 0 aromatic heterocycles. The van der Waals surface area contributed by atoms with Crippen molar-refractivity contribution in [1.29, 1.82) is 0 Å². The van der Waals surface area contributed by atoms with Gasteiger partial charge in [0.2, 0.25) is 0 Å². The van der Waals surface area contributed by atoms with Crippen molar-refractivity contribution in [1.82, 2.24) is 0 Å². The van der Waals surface area contributed by atoms with Crippen LogP contribution in [0.3, 0.4) is 0 Å². The van der Waals surface area contributed by atoms with Gasteiger partial charge in [-0.05, 0) is 12.1 Å². The molecule has 96 valence electrons. The second-order valence-electron chi connectivity index (χ2n) is 2.98. The van der Waals surface area contributed by atoms with E-state index in [1.54, 1.807) is 12.1 Å². The zero-order valence-corrected chi connectivity index (χ0v) is 12.0. The first-order chi connectivity index (χ1) is 7.54. The topological polar surface area (TPSA) is 57.5 Å². The molecule has 0 unspecified atom stereocenters. The summed E-state index contributed by atoms with van der Waals surface area (Å²) in [6.45, 7) is 8.00. The number of para-hydroxylation sites is 1. The molecule has 0 aliphatic rings. The van der Waals surface area contributed by atoms with Crippen LogP contribution >= 0.6 is 0 Å². The number of aromatic hydroxyl groups is 1. The van der Waals surface area contributed by atoms with Gasteiger partial charge in [0, 0.05) is 0 Å². The quantitative estimate of drug-likeness (QED) is 0.771. The van der Waals surface area contributed by atoms with Crippen LogP contribution in [0.2, 0.25) is 0 Å². The minimum atomic E-state index is -1.11. The van der Waals surface area contributed by atoms with Gasteiger partial charge in [0.1, 0.15) is 11.3 Å². The Balaban J connectivity index is -0.000000240. The predicted octanol–water partition coefficient (Wildman–Crippen LogP) is 3.55. The zero-order valence-electron chi connectivity index (χ0n) is 10.7. The van der Waals surface area contributed by atoms with E-state index < -0.39 is 5.97 Å². The first kappa shape index (κ1) is 21.3. The summed E-state index contributed by atoms with van der Waals surface area (Å²) in [6, 6.07) is 5.81. The maximum atomic E-state index is 10.3. The minimum absolute atomic E-state index is 0. The molecule has 0 atom stereocenters. The summed E-state index contributed by atoms with van der Waals surface area (Å²) in [4.78, 5) is 10.3. The predicted molar refractivity (Wildman–Crippen MR) is 66.4 cm³/mol. The summed E-state index contributed by atoms with van der Waals surface area (Å²) >= 11 is 0. The van der Waals surface area contributed by atoms with Crippen LogP contribution in [-0.2, 0) is 17.4 Å². The van der Waals surface area contributed by atoms with Gasteiger partial charge in [-0.3, -0.25) is 0 Å². The van der Waals surface area contributed by atoms with Gasteiger partial charge in [0.25, 0.3) is 0 Å². The fraction of sp³-hybridized carbons (Fsp3) is 0.308. The number of rotatable bonds is 1. The van der Waals surface area contributed by atoms with Crippen LogP contribution in [0.5, 0.6) is 5.75 Å². The number of phenols is 1. The van der Waals surface area contributed by atoms with Crippen LogP contribution in [0.1, 0.15) is 38.1 Å². The molecule has 0 bridgehead atoms. The molecule has 1 aromatic rings. The maximum Gasteiger partial charge on any atom is 2.00 e. The van der Waals surface area contributed by atoms with Gasteiger partial charge in [-0.2, -0.15) is 27.7 Å². The summed E-state index contributed by atoms with van der Waals surface area (Å²) in [5.41, 5.74) is -0.0671. The fourth-order valence-corrected chi connectivity index (χ4v) is 0.654. The van der Waals surface area contributed by atoms with E-state index in [2.05, 4.69) is 0 Å². The summed E-state index contributed by atoms with van der Waals surface area (Å²) in [5.74, 6) is -1.31. The molecular weight excluding hydrogens is 256 g/mol. The summed E-state index contributed by atoms with van der Waals surface area (Å²) in [5, 5.41) is 17.3. The number of carboxylic acids is 1. The number of hydrogen-bond donors (Lipinski definition) is 2. The van der Waals surface area contributed by atoms with E-state index in [4.69, 9.17) is 10.2 Å². The Bertz CT molecular complexity index is 286. The SMILES string of the molecule is C[CH-]C.C[CH-]C.O=C(O)c1ccccc1O.[Cr+2]. The molecule has 0 radical (unpaired) electrons. The Morgan fingerprint density at radius 3 is 1.65 bits per heavy atom. The second-order valence-corrected chi connectivity index (χ2v) is 2.98. The van der Waals surface area contributed by atoms with Crippen LogP contribution in [0.4, 0.5) is 0 Å². The van der Waals surface area contributed by atoms with Gasteiger partial charge in [0.15, 0.2) is 0 Å². The summed E-state index contributed by atoms with van der Waals surface area (Å²) < 4.78 is 0. The van der Waals surface area contributed by atoms with E-state index in [9.17, 15) is 4.79 Å². The van der Waals surface area contributed by atoms with Crippen LogP contribution in [0.15, 0.2) is 24.3 Å². The molecule has 0 amide bonds. The van der Waals surface area contributed by atoms with Gasteiger partial charge in [0.05, 0.1) is 0 Å². The third-order valence-electron chi connectivity index (χ3n) is 1.13. The molecule has 0 heterocycles. The number of carbonyl (C=O) groups is 1.